The van der Waals surface area contributed by atoms with E-state index in [-0.39, 0.29) is 21.7 Å². The zero-order chi connectivity index (χ0) is 20.3. The number of hydrogen-bond acceptors (Lipinski definition) is 6. The lowest BCUT2D eigenvalue weighted by molar-refractivity contribution is 0.423. The van der Waals surface area contributed by atoms with E-state index in [2.05, 4.69) is 10.3 Å². The van der Waals surface area contributed by atoms with Gasteiger partial charge in [-0.15, -0.1) is 0 Å². The summed E-state index contributed by atoms with van der Waals surface area (Å²) < 4.78 is 45.1. The van der Waals surface area contributed by atoms with Crippen molar-refractivity contribution in [1.29, 1.82) is 0 Å². The molecule has 0 aliphatic rings. The molecule has 3 aromatic rings. The maximum absolute atomic E-state index is 13.2. The quantitative estimate of drug-likeness (QED) is 0.580. The number of rotatable bonds is 7. The molecule has 3 rings (SSSR count). The van der Waals surface area contributed by atoms with Gasteiger partial charge >= 0.3 is 0 Å². The molecule has 0 aliphatic heterocycles. The number of likely N-dealkylation sites (N-methyl/N-ethyl adjacent to an activating group) is 1. The third kappa shape index (κ3) is 4.35. The van der Waals surface area contributed by atoms with Gasteiger partial charge < -0.3 is 14.6 Å². The number of benzene rings is 2. The predicted molar refractivity (Wildman–Crippen MR) is 106 cm³/mol. The molecular weight excluding hydrogens is 405 g/mol. The van der Waals surface area contributed by atoms with Crippen molar-refractivity contribution in [3.05, 3.63) is 59.4 Å². The van der Waals surface area contributed by atoms with Crippen LogP contribution in [0.5, 0.6) is 0 Å². The van der Waals surface area contributed by atoms with Crippen LogP contribution in [-0.4, -0.2) is 45.5 Å². The number of anilines is 1. The first-order valence-electron chi connectivity index (χ1n) is 8.44. The Kier molecular flexibility index (Phi) is 6.02. The minimum atomic E-state index is -4.03. The first kappa shape index (κ1) is 20.3. The van der Waals surface area contributed by atoms with Crippen molar-refractivity contribution >= 4 is 27.3 Å². The fourth-order valence-electron chi connectivity index (χ4n) is 2.47. The number of hydrogen-bond donors (Lipinski definition) is 1. The third-order valence-electron chi connectivity index (χ3n) is 3.92. The van der Waals surface area contributed by atoms with Gasteiger partial charge in [-0.1, -0.05) is 23.7 Å². The highest BCUT2D eigenvalue weighted by Crippen LogP contribution is 2.34. The first-order chi connectivity index (χ1) is 13.3. The topological polar surface area (TPSA) is 75.4 Å². The van der Waals surface area contributed by atoms with Crippen molar-refractivity contribution in [1.82, 2.24) is 9.88 Å². The van der Waals surface area contributed by atoms with Crippen molar-refractivity contribution in [2.75, 3.05) is 32.5 Å². The molecule has 0 saturated heterocycles. The molecule has 0 spiro atoms. The molecule has 0 saturated carbocycles. The van der Waals surface area contributed by atoms with Gasteiger partial charge in [-0.05, 0) is 50.5 Å². The number of sulfone groups is 1. The molecular formula is C19H19ClFN3O3S. The van der Waals surface area contributed by atoms with Crippen LogP contribution in [0.4, 0.5) is 10.3 Å². The summed E-state index contributed by atoms with van der Waals surface area (Å²) in [7, 11) is -0.235. The zero-order valence-electron chi connectivity index (χ0n) is 15.3. The molecule has 2 aromatic carbocycles. The Bertz CT molecular complexity index is 1070. The Hall–Kier alpha value is -2.42. The van der Waals surface area contributed by atoms with Crippen LogP contribution < -0.4 is 5.32 Å². The van der Waals surface area contributed by atoms with Crippen molar-refractivity contribution in [3.8, 4) is 11.5 Å². The van der Waals surface area contributed by atoms with Gasteiger partial charge in [0.2, 0.25) is 26.6 Å². The van der Waals surface area contributed by atoms with Crippen LogP contribution in [0.2, 0.25) is 5.02 Å². The minimum absolute atomic E-state index is 0.0149. The molecule has 9 heteroatoms. The Labute approximate surface area is 167 Å². The van der Waals surface area contributed by atoms with Crippen LogP contribution in [0.15, 0.2) is 62.9 Å². The van der Waals surface area contributed by atoms with Gasteiger partial charge in [0.05, 0.1) is 15.5 Å². The fraction of sp³-hybridized carbons (Fsp3) is 0.211. The lowest BCUT2D eigenvalue weighted by Gasteiger charge is -2.10. The zero-order valence-corrected chi connectivity index (χ0v) is 16.9. The second-order valence-corrected chi connectivity index (χ2v) is 8.59. The second kappa shape index (κ2) is 8.30. The molecule has 0 radical (unpaired) electrons. The van der Waals surface area contributed by atoms with Crippen molar-refractivity contribution in [3.63, 3.8) is 0 Å². The van der Waals surface area contributed by atoms with E-state index >= 15 is 0 Å². The monoisotopic (exact) mass is 423 g/mol. The van der Waals surface area contributed by atoms with E-state index in [0.717, 1.165) is 12.1 Å². The Morgan fingerprint density at radius 3 is 2.46 bits per heavy atom. The highest BCUT2D eigenvalue weighted by atomic mass is 35.5. The SMILES string of the molecule is CN(C)CCNc1oc(-c2ccccc2Cl)nc1S(=O)(=O)c1ccc(F)cc1. The number of halogens is 2. The molecule has 0 fully saturated rings. The van der Waals surface area contributed by atoms with E-state index in [0.29, 0.717) is 23.7 Å². The molecule has 0 unspecified atom stereocenters. The second-order valence-electron chi connectivity index (χ2n) is 6.32. The molecule has 28 heavy (non-hydrogen) atoms. The van der Waals surface area contributed by atoms with E-state index in [9.17, 15) is 12.8 Å². The van der Waals surface area contributed by atoms with Gasteiger partial charge in [0.25, 0.3) is 0 Å². The Morgan fingerprint density at radius 2 is 1.82 bits per heavy atom. The largest absolute Gasteiger partial charge is 0.419 e. The molecule has 0 aliphatic carbocycles. The maximum atomic E-state index is 13.2. The van der Waals surface area contributed by atoms with Gasteiger partial charge in [-0.2, -0.15) is 4.98 Å². The number of nitrogens with one attached hydrogen (secondary N) is 1. The Morgan fingerprint density at radius 1 is 1.14 bits per heavy atom. The van der Waals surface area contributed by atoms with Crippen molar-refractivity contribution in [2.24, 2.45) is 0 Å². The number of nitrogens with zero attached hydrogens (tertiary/aromatic N) is 2. The number of oxazole rings is 1. The van der Waals surface area contributed by atoms with Gasteiger partial charge in [0.1, 0.15) is 5.82 Å². The highest BCUT2D eigenvalue weighted by Gasteiger charge is 2.29. The third-order valence-corrected chi connectivity index (χ3v) is 5.93. The van der Waals surface area contributed by atoms with E-state index in [1.807, 2.05) is 19.0 Å². The van der Waals surface area contributed by atoms with Gasteiger partial charge in [-0.25, -0.2) is 12.8 Å². The smallest absolute Gasteiger partial charge is 0.233 e. The lowest BCUT2D eigenvalue weighted by atomic mass is 10.2. The summed E-state index contributed by atoms with van der Waals surface area (Å²) in [5, 5.41) is 3.09. The average Bonchev–Trinajstić information content (AvgIpc) is 3.07. The summed E-state index contributed by atoms with van der Waals surface area (Å²) in [4.78, 5) is 6.06. The van der Waals surface area contributed by atoms with Gasteiger partial charge in [0.15, 0.2) is 0 Å². The highest BCUT2D eigenvalue weighted by molar-refractivity contribution is 7.91. The maximum Gasteiger partial charge on any atom is 0.233 e. The number of aromatic nitrogens is 1. The molecule has 1 N–H and O–H groups in total. The molecule has 6 nitrogen and oxygen atoms in total. The normalized spacial score (nSPS) is 11.8. The van der Waals surface area contributed by atoms with Crippen LogP contribution in [0, 0.1) is 5.82 Å². The van der Waals surface area contributed by atoms with Crippen LogP contribution in [0.3, 0.4) is 0 Å². The van der Waals surface area contributed by atoms with E-state index in [1.165, 1.54) is 12.1 Å². The molecule has 0 amide bonds. The van der Waals surface area contributed by atoms with Gasteiger partial charge in [0, 0.05) is 13.1 Å². The summed E-state index contributed by atoms with van der Waals surface area (Å²) in [6, 6.07) is 11.4. The summed E-state index contributed by atoms with van der Waals surface area (Å²) in [6.45, 7) is 1.09. The molecule has 0 atom stereocenters. The first-order valence-corrected chi connectivity index (χ1v) is 10.3. The van der Waals surface area contributed by atoms with Crippen molar-refractivity contribution in [2.45, 2.75) is 9.92 Å². The summed E-state index contributed by atoms with van der Waals surface area (Å²) in [5.41, 5.74) is 0.473. The molecule has 1 heterocycles. The molecule has 148 valence electrons. The fourth-order valence-corrected chi connectivity index (χ4v) is 3.96. The van der Waals surface area contributed by atoms with Crippen molar-refractivity contribution < 1.29 is 17.2 Å². The van der Waals surface area contributed by atoms with Crippen LogP contribution >= 0.6 is 11.6 Å². The average molecular weight is 424 g/mol. The van der Waals surface area contributed by atoms with E-state index in [1.54, 1.807) is 24.3 Å². The standard InChI is InChI=1S/C19H19ClFN3O3S/c1-24(2)12-11-22-18-19(28(25,26)14-9-7-13(21)8-10-14)23-17(27-18)15-5-3-4-6-16(15)20/h3-10,22H,11-12H2,1-2H3. The van der Waals surface area contributed by atoms with E-state index in [4.69, 9.17) is 16.0 Å². The molecule has 1 aromatic heterocycles. The summed E-state index contributed by atoms with van der Waals surface area (Å²) in [6.07, 6.45) is 0. The van der Waals surface area contributed by atoms with Crippen LogP contribution in [0.1, 0.15) is 0 Å². The van der Waals surface area contributed by atoms with Gasteiger partial charge in [-0.3, -0.25) is 0 Å². The minimum Gasteiger partial charge on any atom is -0.419 e. The lowest BCUT2D eigenvalue weighted by Crippen LogP contribution is -2.21. The summed E-state index contributed by atoms with van der Waals surface area (Å²) >= 11 is 6.20. The van der Waals surface area contributed by atoms with E-state index < -0.39 is 15.7 Å². The predicted octanol–water partition coefficient (Wildman–Crippen LogP) is 3.94. The van der Waals surface area contributed by atoms with Crippen LogP contribution in [0.25, 0.3) is 11.5 Å². The van der Waals surface area contributed by atoms with Crippen LogP contribution in [-0.2, 0) is 9.84 Å². The summed E-state index contributed by atoms with van der Waals surface area (Å²) in [5.74, 6) is -0.431. The Balaban J connectivity index is 2.07. The molecule has 0 bridgehead atoms.